The molecule has 0 saturated heterocycles. The van der Waals surface area contributed by atoms with Gasteiger partial charge < -0.3 is 10.6 Å². The Kier molecular flexibility index (Phi) is 6.45. The first-order chi connectivity index (χ1) is 13.5. The SMILES string of the molecule is Cc1ccc(NC(=O)CSc2ccccc2C(=O)Nc2cc(C)ccn2)cc1. The van der Waals surface area contributed by atoms with Crippen LogP contribution in [0.1, 0.15) is 21.5 Å². The molecule has 0 spiro atoms. The molecule has 6 heteroatoms. The highest BCUT2D eigenvalue weighted by Crippen LogP contribution is 2.24. The molecule has 1 heterocycles. The average Bonchev–Trinajstić information content (AvgIpc) is 2.68. The second-order valence-corrected chi connectivity index (χ2v) is 7.39. The summed E-state index contributed by atoms with van der Waals surface area (Å²) >= 11 is 1.33. The predicted octanol–water partition coefficient (Wildman–Crippen LogP) is 4.68. The smallest absolute Gasteiger partial charge is 0.257 e. The first-order valence-corrected chi connectivity index (χ1v) is 9.82. The molecule has 0 aliphatic rings. The summed E-state index contributed by atoms with van der Waals surface area (Å²) < 4.78 is 0. The van der Waals surface area contributed by atoms with Crippen LogP contribution in [0, 0.1) is 13.8 Å². The molecular weight excluding hydrogens is 370 g/mol. The van der Waals surface area contributed by atoms with E-state index in [0.717, 1.165) is 21.7 Å². The molecule has 2 amide bonds. The van der Waals surface area contributed by atoms with Crippen molar-refractivity contribution >= 4 is 35.1 Å². The number of carbonyl (C=O) groups is 2. The van der Waals surface area contributed by atoms with Gasteiger partial charge in [-0.25, -0.2) is 4.98 Å². The van der Waals surface area contributed by atoms with E-state index in [1.807, 2.05) is 62.4 Å². The van der Waals surface area contributed by atoms with Crippen LogP contribution in [0.3, 0.4) is 0 Å². The van der Waals surface area contributed by atoms with E-state index < -0.39 is 0 Å². The average molecular weight is 391 g/mol. The van der Waals surface area contributed by atoms with Crippen molar-refractivity contribution in [3.8, 4) is 0 Å². The van der Waals surface area contributed by atoms with E-state index in [2.05, 4.69) is 15.6 Å². The number of carbonyl (C=O) groups excluding carboxylic acids is 2. The maximum Gasteiger partial charge on any atom is 0.257 e. The lowest BCUT2D eigenvalue weighted by atomic mass is 10.2. The molecule has 0 unspecified atom stereocenters. The first kappa shape index (κ1) is 19.6. The number of hydrogen-bond acceptors (Lipinski definition) is 4. The van der Waals surface area contributed by atoms with Gasteiger partial charge in [0.15, 0.2) is 0 Å². The fourth-order valence-electron chi connectivity index (χ4n) is 2.55. The summed E-state index contributed by atoms with van der Waals surface area (Å²) in [7, 11) is 0. The number of nitrogens with zero attached hydrogens (tertiary/aromatic N) is 1. The zero-order valence-corrected chi connectivity index (χ0v) is 16.5. The van der Waals surface area contributed by atoms with Crippen molar-refractivity contribution in [3.63, 3.8) is 0 Å². The highest BCUT2D eigenvalue weighted by Gasteiger charge is 2.13. The van der Waals surface area contributed by atoms with Gasteiger partial charge in [0.1, 0.15) is 5.82 Å². The molecule has 0 saturated carbocycles. The number of nitrogens with one attached hydrogen (secondary N) is 2. The van der Waals surface area contributed by atoms with Crippen LogP contribution < -0.4 is 10.6 Å². The number of benzene rings is 2. The van der Waals surface area contributed by atoms with Gasteiger partial charge in [0.05, 0.1) is 11.3 Å². The highest BCUT2D eigenvalue weighted by molar-refractivity contribution is 8.00. The molecule has 28 heavy (non-hydrogen) atoms. The van der Waals surface area contributed by atoms with Crippen LogP contribution in [0.15, 0.2) is 71.8 Å². The van der Waals surface area contributed by atoms with E-state index in [1.165, 1.54) is 11.8 Å². The predicted molar refractivity (Wildman–Crippen MR) is 114 cm³/mol. The van der Waals surface area contributed by atoms with Gasteiger partial charge in [-0.1, -0.05) is 29.8 Å². The molecule has 0 aliphatic heterocycles. The van der Waals surface area contributed by atoms with Crippen molar-refractivity contribution in [3.05, 3.63) is 83.6 Å². The maximum atomic E-state index is 12.6. The molecule has 3 rings (SSSR count). The molecule has 0 aliphatic carbocycles. The minimum Gasteiger partial charge on any atom is -0.325 e. The third-order valence-corrected chi connectivity index (χ3v) is 5.06. The third-order valence-electron chi connectivity index (χ3n) is 3.98. The zero-order valence-electron chi connectivity index (χ0n) is 15.7. The summed E-state index contributed by atoms with van der Waals surface area (Å²) in [5, 5.41) is 5.67. The number of pyridine rings is 1. The number of thioether (sulfide) groups is 1. The largest absolute Gasteiger partial charge is 0.325 e. The lowest BCUT2D eigenvalue weighted by molar-refractivity contribution is -0.113. The molecule has 0 atom stereocenters. The molecule has 0 radical (unpaired) electrons. The monoisotopic (exact) mass is 391 g/mol. The van der Waals surface area contributed by atoms with Gasteiger partial charge in [-0.05, 0) is 55.8 Å². The molecular formula is C22H21N3O2S. The van der Waals surface area contributed by atoms with E-state index in [9.17, 15) is 9.59 Å². The van der Waals surface area contributed by atoms with Crippen LogP contribution in [-0.2, 0) is 4.79 Å². The lowest BCUT2D eigenvalue weighted by Crippen LogP contribution is -2.16. The van der Waals surface area contributed by atoms with Crippen molar-refractivity contribution in [2.75, 3.05) is 16.4 Å². The Morgan fingerprint density at radius 2 is 1.68 bits per heavy atom. The summed E-state index contributed by atoms with van der Waals surface area (Å²) in [4.78, 5) is 29.8. The standard InChI is InChI=1S/C22H21N3O2S/c1-15-7-9-17(10-8-15)24-21(26)14-28-19-6-4-3-5-18(19)22(27)25-20-13-16(2)11-12-23-20/h3-13H,14H2,1-2H3,(H,24,26)(H,23,25,27). The Balaban J connectivity index is 1.64. The summed E-state index contributed by atoms with van der Waals surface area (Å²) in [6, 6.07) is 18.5. The van der Waals surface area contributed by atoms with Gasteiger partial charge >= 0.3 is 0 Å². The van der Waals surface area contributed by atoms with Gasteiger partial charge in [-0.2, -0.15) is 0 Å². The van der Waals surface area contributed by atoms with Gasteiger partial charge in [-0.15, -0.1) is 11.8 Å². The van der Waals surface area contributed by atoms with Gasteiger partial charge in [0, 0.05) is 16.8 Å². The zero-order chi connectivity index (χ0) is 19.9. The normalized spacial score (nSPS) is 10.4. The molecule has 2 aromatic carbocycles. The fraction of sp³-hybridized carbons (Fsp3) is 0.136. The van der Waals surface area contributed by atoms with E-state index in [1.54, 1.807) is 18.3 Å². The van der Waals surface area contributed by atoms with Crippen LogP contribution in [0.5, 0.6) is 0 Å². The number of aryl methyl sites for hydroxylation is 2. The maximum absolute atomic E-state index is 12.6. The number of rotatable bonds is 6. The van der Waals surface area contributed by atoms with E-state index in [-0.39, 0.29) is 17.6 Å². The van der Waals surface area contributed by atoms with Crippen LogP contribution in [-0.4, -0.2) is 22.6 Å². The molecule has 1 aromatic heterocycles. The summed E-state index contributed by atoms with van der Waals surface area (Å²) in [6.07, 6.45) is 1.65. The highest BCUT2D eigenvalue weighted by atomic mass is 32.2. The lowest BCUT2D eigenvalue weighted by Gasteiger charge is -2.10. The Hall–Kier alpha value is -3.12. The number of hydrogen-bond donors (Lipinski definition) is 2. The fourth-order valence-corrected chi connectivity index (χ4v) is 3.40. The Bertz CT molecular complexity index is 987. The molecule has 3 aromatic rings. The Morgan fingerprint density at radius 3 is 2.43 bits per heavy atom. The number of amides is 2. The van der Waals surface area contributed by atoms with Crippen molar-refractivity contribution in [1.29, 1.82) is 0 Å². The number of anilines is 2. The summed E-state index contributed by atoms with van der Waals surface area (Å²) in [5.41, 5.74) is 3.42. The van der Waals surface area contributed by atoms with Gasteiger partial charge in [0.2, 0.25) is 5.91 Å². The third kappa shape index (κ3) is 5.44. The van der Waals surface area contributed by atoms with Gasteiger partial charge in [0.25, 0.3) is 5.91 Å². The number of aromatic nitrogens is 1. The molecule has 5 nitrogen and oxygen atoms in total. The van der Waals surface area contributed by atoms with Gasteiger partial charge in [-0.3, -0.25) is 9.59 Å². The van der Waals surface area contributed by atoms with Crippen molar-refractivity contribution in [2.45, 2.75) is 18.7 Å². The van der Waals surface area contributed by atoms with Crippen LogP contribution >= 0.6 is 11.8 Å². The van der Waals surface area contributed by atoms with Crippen LogP contribution in [0.25, 0.3) is 0 Å². The first-order valence-electron chi connectivity index (χ1n) is 8.83. The van der Waals surface area contributed by atoms with Crippen molar-refractivity contribution < 1.29 is 9.59 Å². The van der Waals surface area contributed by atoms with E-state index in [4.69, 9.17) is 0 Å². The molecule has 0 bridgehead atoms. The Morgan fingerprint density at radius 1 is 0.929 bits per heavy atom. The Labute approximate surface area is 168 Å². The second-order valence-electron chi connectivity index (χ2n) is 6.37. The van der Waals surface area contributed by atoms with Crippen LogP contribution in [0.4, 0.5) is 11.5 Å². The topological polar surface area (TPSA) is 71.1 Å². The molecule has 0 fully saturated rings. The minimum atomic E-state index is -0.250. The van der Waals surface area contributed by atoms with Crippen molar-refractivity contribution in [1.82, 2.24) is 4.98 Å². The van der Waals surface area contributed by atoms with Crippen LogP contribution in [0.2, 0.25) is 0 Å². The molecule has 142 valence electrons. The van der Waals surface area contributed by atoms with Crippen molar-refractivity contribution in [2.24, 2.45) is 0 Å². The second kappa shape index (κ2) is 9.19. The summed E-state index contributed by atoms with van der Waals surface area (Å²) in [6.45, 7) is 3.93. The quantitative estimate of drug-likeness (QED) is 0.599. The van der Waals surface area contributed by atoms with E-state index in [0.29, 0.717) is 11.4 Å². The van der Waals surface area contributed by atoms with E-state index >= 15 is 0 Å². The summed E-state index contributed by atoms with van der Waals surface area (Å²) in [5.74, 6) is 0.340. The minimum absolute atomic E-state index is 0.121. The molecule has 2 N–H and O–H groups in total.